The van der Waals surface area contributed by atoms with Crippen LogP contribution in [0.4, 0.5) is 0 Å². The lowest BCUT2D eigenvalue weighted by molar-refractivity contribution is 0.351. The lowest BCUT2D eigenvalue weighted by Gasteiger charge is -2.32. The second-order valence-electron chi connectivity index (χ2n) is 4.58. The van der Waals surface area contributed by atoms with Crippen LogP contribution in [0.3, 0.4) is 0 Å². The third-order valence-corrected chi connectivity index (χ3v) is 3.46. The maximum Gasteiger partial charge on any atom is 0.419 e. The number of aryl methyl sites for hydroxylation is 1. The predicted octanol–water partition coefficient (Wildman–Crippen LogP) is 1.34. The van der Waals surface area contributed by atoms with Gasteiger partial charge in [0, 0.05) is 13.1 Å². The fourth-order valence-corrected chi connectivity index (χ4v) is 2.33. The molecule has 0 atom stereocenters. The summed E-state index contributed by atoms with van der Waals surface area (Å²) in [6, 6.07) is 6.28. The van der Waals surface area contributed by atoms with E-state index in [1.807, 2.05) is 18.2 Å². The van der Waals surface area contributed by atoms with Crippen molar-refractivity contribution < 1.29 is 4.42 Å². The minimum absolute atomic E-state index is 0.308. The molecule has 1 aliphatic rings. The fraction of sp³-hybridized carbons (Fsp3) is 0.417. The molecule has 0 radical (unpaired) electrons. The summed E-state index contributed by atoms with van der Waals surface area (Å²) >= 11 is 0. The van der Waals surface area contributed by atoms with E-state index in [9.17, 15) is 4.79 Å². The molecule has 0 aliphatic heterocycles. The van der Waals surface area contributed by atoms with Gasteiger partial charge < -0.3 is 10.2 Å². The minimum Gasteiger partial charge on any atom is -0.408 e. The summed E-state index contributed by atoms with van der Waals surface area (Å²) in [5, 5.41) is 0. The van der Waals surface area contributed by atoms with E-state index >= 15 is 0 Å². The lowest BCUT2D eigenvalue weighted by atomic mass is 9.76. The predicted molar refractivity (Wildman–Crippen MR) is 61.4 cm³/mol. The number of hydrogen-bond acceptors (Lipinski definition) is 3. The van der Waals surface area contributed by atoms with Crippen LogP contribution in [0.5, 0.6) is 0 Å². The zero-order valence-corrected chi connectivity index (χ0v) is 9.14. The third-order valence-electron chi connectivity index (χ3n) is 3.46. The second kappa shape index (κ2) is 3.22. The van der Waals surface area contributed by atoms with Gasteiger partial charge in [-0.2, -0.15) is 0 Å². The van der Waals surface area contributed by atoms with Crippen molar-refractivity contribution >= 4 is 11.1 Å². The maximum atomic E-state index is 11.3. The van der Waals surface area contributed by atoms with Crippen molar-refractivity contribution in [2.75, 3.05) is 0 Å². The molecular weight excluding hydrogens is 204 g/mol. The third kappa shape index (κ3) is 1.30. The van der Waals surface area contributed by atoms with Crippen molar-refractivity contribution in [1.82, 2.24) is 4.57 Å². The van der Waals surface area contributed by atoms with Crippen LogP contribution >= 0.6 is 0 Å². The van der Waals surface area contributed by atoms with E-state index in [2.05, 4.69) is 0 Å². The number of fused-ring (bicyclic) bond motifs is 1. The quantitative estimate of drug-likeness (QED) is 0.785. The van der Waals surface area contributed by atoms with Gasteiger partial charge in [0.25, 0.3) is 0 Å². The van der Waals surface area contributed by atoms with Crippen molar-refractivity contribution in [3.05, 3.63) is 34.3 Å². The second-order valence-corrected chi connectivity index (χ2v) is 4.58. The van der Waals surface area contributed by atoms with Crippen LogP contribution in [0.2, 0.25) is 0 Å². The zero-order valence-electron chi connectivity index (χ0n) is 9.14. The summed E-state index contributed by atoms with van der Waals surface area (Å²) in [7, 11) is 1.73. The Morgan fingerprint density at radius 2 is 2.19 bits per heavy atom. The van der Waals surface area contributed by atoms with Crippen molar-refractivity contribution in [3.63, 3.8) is 0 Å². The van der Waals surface area contributed by atoms with Gasteiger partial charge in [0.15, 0.2) is 5.58 Å². The van der Waals surface area contributed by atoms with E-state index in [-0.39, 0.29) is 5.76 Å². The SMILES string of the molecule is Cn1c(=O)oc2ccc(C3CC(N)C3)cc21. The Morgan fingerprint density at radius 1 is 1.44 bits per heavy atom. The molecule has 1 saturated carbocycles. The molecule has 1 fully saturated rings. The molecular formula is C12H14N2O2. The highest BCUT2D eigenvalue weighted by atomic mass is 16.4. The van der Waals surface area contributed by atoms with Crippen molar-refractivity contribution in [2.45, 2.75) is 24.8 Å². The Morgan fingerprint density at radius 3 is 2.88 bits per heavy atom. The van der Waals surface area contributed by atoms with Crippen LogP contribution in [0.15, 0.2) is 27.4 Å². The van der Waals surface area contributed by atoms with Crippen LogP contribution in [-0.2, 0) is 7.05 Å². The van der Waals surface area contributed by atoms with Gasteiger partial charge in [-0.3, -0.25) is 4.57 Å². The van der Waals surface area contributed by atoms with Crippen molar-refractivity contribution in [3.8, 4) is 0 Å². The summed E-state index contributed by atoms with van der Waals surface area (Å²) in [5.74, 6) is 0.238. The Bertz CT molecular complexity index is 591. The number of aromatic nitrogens is 1. The normalized spacial score (nSPS) is 24.6. The summed E-state index contributed by atoms with van der Waals surface area (Å²) in [5.41, 5.74) is 8.55. The molecule has 16 heavy (non-hydrogen) atoms. The monoisotopic (exact) mass is 218 g/mol. The van der Waals surface area contributed by atoms with Gasteiger partial charge in [0.05, 0.1) is 5.52 Å². The number of nitrogens with two attached hydrogens (primary N) is 1. The van der Waals surface area contributed by atoms with E-state index in [4.69, 9.17) is 10.2 Å². The molecule has 0 unspecified atom stereocenters. The first-order valence-corrected chi connectivity index (χ1v) is 5.50. The summed E-state index contributed by atoms with van der Waals surface area (Å²) < 4.78 is 6.63. The van der Waals surface area contributed by atoms with Crippen LogP contribution in [0.25, 0.3) is 11.1 Å². The van der Waals surface area contributed by atoms with Gasteiger partial charge in [-0.15, -0.1) is 0 Å². The van der Waals surface area contributed by atoms with Gasteiger partial charge in [-0.05, 0) is 36.5 Å². The molecule has 1 aromatic heterocycles. The van der Waals surface area contributed by atoms with Gasteiger partial charge in [-0.25, -0.2) is 4.79 Å². The van der Waals surface area contributed by atoms with Gasteiger partial charge in [0.2, 0.25) is 0 Å². The molecule has 0 bridgehead atoms. The molecule has 2 aromatic rings. The summed E-state index contributed by atoms with van der Waals surface area (Å²) in [4.78, 5) is 11.3. The first-order chi connectivity index (χ1) is 7.65. The van der Waals surface area contributed by atoms with Crippen LogP contribution in [0.1, 0.15) is 24.3 Å². The van der Waals surface area contributed by atoms with Gasteiger partial charge in [0.1, 0.15) is 0 Å². The first-order valence-electron chi connectivity index (χ1n) is 5.50. The molecule has 0 spiro atoms. The van der Waals surface area contributed by atoms with Crippen molar-refractivity contribution in [2.24, 2.45) is 12.8 Å². The molecule has 3 rings (SSSR count). The molecule has 1 aromatic carbocycles. The average molecular weight is 218 g/mol. The van der Waals surface area contributed by atoms with Crippen LogP contribution in [-0.4, -0.2) is 10.6 Å². The average Bonchev–Trinajstić information content (AvgIpc) is 2.51. The number of nitrogens with zero attached hydrogens (tertiary/aromatic N) is 1. The first kappa shape index (κ1) is 9.66. The molecule has 0 amide bonds. The summed E-state index contributed by atoms with van der Waals surface area (Å²) in [6.07, 6.45) is 2.08. The highest BCUT2D eigenvalue weighted by molar-refractivity contribution is 5.73. The van der Waals surface area contributed by atoms with Crippen LogP contribution in [0, 0.1) is 0 Å². The van der Waals surface area contributed by atoms with Gasteiger partial charge >= 0.3 is 5.76 Å². The Labute approximate surface area is 92.7 Å². The standard InChI is InChI=1S/C12H14N2O2/c1-14-10-6-7(8-4-9(13)5-8)2-3-11(10)16-12(14)15/h2-3,6,8-9H,4-5,13H2,1H3. The van der Waals surface area contributed by atoms with E-state index in [0.29, 0.717) is 17.5 Å². The minimum atomic E-state index is -0.308. The van der Waals surface area contributed by atoms with E-state index in [0.717, 1.165) is 18.4 Å². The van der Waals surface area contributed by atoms with E-state index in [1.54, 1.807) is 7.05 Å². The largest absolute Gasteiger partial charge is 0.419 e. The maximum absolute atomic E-state index is 11.3. The highest BCUT2D eigenvalue weighted by Crippen LogP contribution is 2.36. The highest BCUT2D eigenvalue weighted by Gasteiger charge is 2.27. The van der Waals surface area contributed by atoms with Crippen LogP contribution < -0.4 is 11.5 Å². The molecule has 2 N–H and O–H groups in total. The van der Waals surface area contributed by atoms with Gasteiger partial charge in [-0.1, -0.05) is 6.07 Å². The van der Waals surface area contributed by atoms with E-state index in [1.165, 1.54) is 10.1 Å². The number of hydrogen-bond donors (Lipinski definition) is 1. The Balaban J connectivity index is 2.08. The van der Waals surface area contributed by atoms with E-state index < -0.39 is 0 Å². The molecule has 4 heteroatoms. The molecule has 0 saturated heterocycles. The Hall–Kier alpha value is -1.55. The molecule has 1 heterocycles. The molecule has 84 valence electrons. The number of benzene rings is 1. The van der Waals surface area contributed by atoms with Crippen molar-refractivity contribution in [1.29, 1.82) is 0 Å². The zero-order chi connectivity index (χ0) is 11.3. The topological polar surface area (TPSA) is 61.2 Å². The number of rotatable bonds is 1. The molecule has 1 aliphatic carbocycles. The summed E-state index contributed by atoms with van der Waals surface area (Å²) in [6.45, 7) is 0. The number of oxazole rings is 1. The lowest BCUT2D eigenvalue weighted by Crippen LogP contribution is -2.34. The molecule has 4 nitrogen and oxygen atoms in total. The Kier molecular flexibility index (Phi) is 1.94. The fourth-order valence-electron chi connectivity index (χ4n) is 2.33. The smallest absolute Gasteiger partial charge is 0.408 e.